The minimum Gasteiger partial charge on any atom is -0.381 e. The van der Waals surface area contributed by atoms with E-state index in [4.69, 9.17) is 22.1 Å². The quantitative estimate of drug-likeness (QED) is 0.895. The van der Waals surface area contributed by atoms with Gasteiger partial charge >= 0.3 is 0 Å². The Labute approximate surface area is 108 Å². The maximum Gasteiger partial charge on any atom is 0.0468 e. The summed E-state index contributed by atoms with van der Waals surface area (Å²) in [6, 6.07) is 8.08. The molecule has 1 aromatic rings. The SMILES string of the molecule is NCC(CC1CCOCC1)c1cccc(Cl)c1. The zero-order chi connectivity index (χ0) is 12.1. The first-order chi connectivity index (χ1) is 8.29. The Balaban J connectivity index is 2.00. The van der Waals surface area contributed by atoms with Crippen molar-refractivity contribution in [2.75, 3.05) is 19.8 Å². The molecule has 1 atom stereocenters. The summed E-state index contributed by atoms with van der Waals surface area (Å²) < 4.78 is 5.39. The largest absolute Gasteiger partial charge is 0.381 e. The van der Waals surface area contributed by atoms with E-state index in [0.717, 1.165) is 43.4 Å². The van der Waals surface area contributed by atoms with Gasteiger partial charge in [-0.3, -0.25) is 0 Å². The summed E-state index contributed by atoms with van der Waals surface area (Å²) in [6.07, 6.45) is 3.48. The van der Waals surface area contributed by atoms with E-state index in [1.54, 1.807) is 0 Å². The summed E-state index contributed by atoms with van der Waals surface area (Å²) in [6.45, 7) is 2.49. The van der Waals surface area contributed by atoms with Crippen molar-refractivity contribution in [2.45, 2.75) is 25.2 Å². The lowest BCUT2D eigenvalue weighted by molar-refractivity contribution is 0.0619. The number of nitrogens with two attached hydrogens (primary N) is 1. The van der Waals surface area contributed by atoms with Gasteiger partial charge in [-0.2, -0.15) is 0 Å². The second-order valence-corrected chi connectivity index (χ2v) is 5.22. The maximum atomic E-state index is 6.03. The van der Waals surface area contributed by atoms with Gasteiger partial charge in [0.05, 0.1) is 0 Å². The molecule has 0 spiro atoms. The standard InChI is InChI=1S/C14H20ClNO/c15-14-3-1-2-12(9-14)13(10-16)8-11-4-6-17-7-5-11/h1-3,9,11,13H,4-8,10,16H2. The number of hydrogen-bond donors (Lipinski definition) is 1. The highest BCUT2D eigenvalue weighted by Gasteiger charge is 2.19. The Morgan fingerprint density at radius 2 is 2.12 bits per heavy atom. The Morgan fingerprint density at radius 1 is 1.35 bits per heavy atom. The summed E-state index contributed by atoms with van der Waals surface area (Å²) in [7, 11) is 0. The van der Waals surface area contributed by atoms with Gasteiger partial charge in [0.15, 0.2) is 0 Å². The Kier molecular flexibility index (Phi) is 4.84. The van der Waals surface area contributed by atoms with Crippen molar-refractivity contribution >= 4 is 11.6 Å². The fourth-order valence-corrected chi connectivity index (χ4v) is 2.71. The van der Waals surface area contributed by atoms with Gasteiger partial charge < -0.3 is 10.5 Å². The Bertz CT molecular complexity index is 350. The number of halogens is 1. The molecule has 2 N–H and O–H groups in total. The second kappa shape index (κ2) is 6.39. The van der Waals surface area contributed by atoms with E-state index in [1.165, 1.54) is 5.56 Å². The molecule has 1 unspecified atom stereocenters. The predicted molar refractivity (Wildman–Crippen MR) is 71.4 cm³/mol. The Morgan fingerprint density at radius 3 is 2.76 bits per heavy atom. The summed E-state index contributed by atoms with van der Waals surface area (Å²) in [5.74, 6) is 1.17. The maximum absolute atomic E-state index is 6.03. The molecule has 1 aromatic carbocycles. The highest BCUT2D eigenvalue weighted by atomic mass is 35.5. The summed E-state index contributed by atoms with van der Waals surface area (Å²) in [4.78, 5) is 0. The van der Waals surface area contributed by atoms with Crippen LogP contribution < -0.4 is 5.73 Å². The molecule has 0 amide bonds. The van der Waals surface area contributed by atoms with Crippen LogP contribution in [0, 0.1) is 5.92 Å². The third-order valence-corrected chi connectivity index (χ3v) is 3.80. The molecular formula is C14H20ClNO. The molecule has 1 heterocycles. The van der Waals surface area contributed by atoms with Crippen LogP contribution in [0.15, 0.2) is 24.3 Å². The van der Waals surface area contributed by atoms with Crippen LogP contribution in [-0.2, 0) is 4.74 Å². The van der Waals surface area contributed by atoms with Crippen LogP contribution in [0.5, 0.6) is 0 Å². The lowest BCUT2D eigenvalue weighted by Gasteiger charge is -2.26. The molecule has 0 saturated carbocycles. The molecule has 0 aliphatic carbocycles. The van der Waals surface area contributed by atoms with E-state index in [-0.39, 0.29) is 0 Å². The molecule has 1 aliphatic rings. The van der Waals surface area contributed by atoms with Gasteiger partial charge in [-0.15, -0.1) is 0 Å². The molecular weight excluding hydrogens is 234 g/mol. The van der Waals surface area contributed by atoms with Crippen molar-refractivity contribution in [3.05, 3.63) is 34.9 Å². The van der Waals surface area contributed by atoms with Crippen LogP contribution in [0.1, 0.15) is 30.7 Å². The highest BCUT2D eigenvalue weighted by molar-refractivity contribution is 6.30. The summed E-state index contributed by atoms with van der Waals surface area (Å²) in [5.41, 5.74) is 7.17. The highest BCUT2D eigenvalue weighted by Crippen LogP contribution is 2.29. The van der Waals surface area contributed by atoms with Gasteiger partial charge in [0.2, 0.25) is 0 Å². The number of benzene rings is 1. The molecule has 0 bridgehead atoms. The van der Waals surface area contributed by atoms with Crippen LogP contribution in [0.25, 0.3) is 0 Å². The van der Waals surface area contributed by atoms with Crippen LogP contribution >= 0.6 is 11.6 Å². The molecule has 1 saturated heterocycles. The van der Waals surface area contributed by atoms with Crippen molar-refractivity contribution in [1.82, 2.24) is 0 Å². The van der Waals surface area contributed by atoms with E-state index in [1.807, 2.05) is 18.2 Å². The predicted octanol–water partition coefficient (Wildman–Crippen LogP) is 3.20. The molecule has 0 radical (unpaired) electrons. The van der Waals surface area contributed by atoms with E-state index >= 15 is 0 Å². The van der Waals surface area contributed by atoms with Gasteiger partial charge in [-0.1, -0.05) is 23.7 Å². The molecule has 2 rings (SSSR count). The molecule has 2 nitrogen and oxygen atoms in total. The zero-order valence-corrected chi connectivity index (χ0v) is 10.8. The fourth-order valence-electron chi connectivity index (χ4n) is 2.51. The number of hydrogen-bond acceptors (Lipinski definition) is 2. The smallest absolute Gasteiger partial charge is 0.0468 e. The zero-order valence-electron chi connectivity index (χ0n) is 10.1. The second-order valence-electron chi connectivity index (χ2n) is 4.78. The summed E-state index contributed by atoms with van der Waals surface area (Å²) >= 11 is 6.03. The average Bonchev–Trinajstić information content (AvgIpc) is 2.37. The Hall–Kier alpha value is -0.570. The molecule has 3 heteroatoms. The first-order valence-electron chi connectivity index (χ1n) is 6.33. The molecule has 17 heavy (non-hydrogen) atoms. The van der Waals surface area contributed by atoms with Gasteiger partial charge in [-0.05, 0) is 55.3 Å². The van der Waals surface area contributed by atoms with Crippen molar-refractivity contribution < 1.29 is 4.74 Å². The first kappa shape index (κ1) is 12.9. The third kappa shape index (κ3) is 3.70. The van der Waals surface area contributed by atoms with E-state index in [2.05, 4.69) is 6.07 Å². The van der Waals surface area contributed by atoms with Gasteiger partial charge in [0, 0.05) is 18.2 Å². The monoisotopic (exact) mass is 253 g/mol. The fraction of sp³-hybridized carbons (Fsp3) is 0.571. The van der Waals surface area contributed by atoms with Crippen molar-refractivity contribution in [3.8, 4) is 0 Å². The van der Waals surface area contributed by atoms with Crippen LogP contribution in [-0.4, -0.2) is 19.8 Å². The van der Waals surface area contributed by atoms with Gasteiger partial charge in [0.25, 0.3) is 0 Å². The topological polar surface area (TPSA) is 35.2 Å². The van der Waals surface area contributed by atoms with Gasteiger partial charge in [0.1, 0.15) is 0 Å². The van der Waals surface area contributed by atoms with Crippen molar-refractivity contribution in [1.29, 1.82) is 0 Å². The van der Waals surface area contributed by atoms with Crippen molar-refractivity contribution in [3.63, 3.8) is 0 Å². The lowest BCUT2D eigenvalue weighted by Crippen LogP contribution is -2.21. The van der Waals surface area contributed by atoms with Crippen molar-refractivity contribution in [2.24, 2.45) is 11.7 Å². The van der Waals surface area contributed by atoms with Crippen LogP contribution in [0.4, 0.5) is 0 Å². The summed E-state index contributed by atoms with van der Waals surface area (Å²) in [5, 5.41) is 0.799. The molecule has 0 aromatic heterocycles. The lowest BCUT2D eigenvalue weighted by atomic mass is 9.85. The van der Waals surface area contributed by atoms with E-state index < -0.39 is 0 Å². The molecule has 1 aliphatic heterocycles. The van der Waals surface area contributed by atoms with Crippen LogP contribution in [0.2, 0.25) is 5.02 Å². The third-order valence-electron chi connectivity index (χ3n) is 3.56. The van der Waals surface area contributed by atoms with E-state index in [0.29, 0.717) is 12.5 Å². The molecule has 1 fully saturated rings. The van der Waals surface area contributed by atoms with Gasteiger partial charge in [-0.25, -0.2) is 0 Å². The molecule has 94 valence electrons. The van der Waals surface area contributed by atoms with E-state index in [9.17, 15) is 0 Å². The normalized spacial score (nSPS) is 19.2. The minimum atomic E-state index is 0.428. The number of rotatable bonds is 4. The van der Waals surface area contributed by atoms with Crippen LogP contribution in [0.3, 0.4) is 0 Å². The minimum absolute atomic E-state index is 0.428. The number of ether oxygens (including phenoxy) is 1. The first-order valence-corrected chi connectivity index (χ1v) is 6.70. The average molecular weight is 254 g/mol.